The van der Waals surface area contributed by atoms with Crippen LogP contribution in [-0.4, -0.2) is 52.1 Å². The fourth-order valence-corrected chi connectivity index (χ4v) is 7.24. The van der Waals surface area contributed by atoms with Gasteiger partial charge in [-0.1, -0.05) is 53.7 Å². The first-order valence-corrected chi connectivity index (χ1v) is 17.0. The summed E-state index contributed by atoms with van der Waals surface area (Å²) in [6, 6.07) is 9.73. The fourth-order valence-electron chi connectivity index (χ4n) is 7.24. The lowest BCUT2D eigenvalue weighted by molar-refractivity contribution is -0.134. The molecule has 46 heavy (non-hydrogen) atoms. The Morgan fingerprint density at radius 3 is 2.35 bits per heavy atom. The molecule has 2 aliphatic carbocycles. The smallest absolute Gasteiger partial charge is 0.275 e. The first-order valence-electron chi connectivity index (χ1n) is 17.0. The van der Waals surface area contributed by atoms with E-state index >= 15 is 0 Å². The molecule has 244 valence electrons. The minimum atomic E-state index is -0.598. The summed E-state index contributed by atoms with van der Waals surface area (Å²) in [5, 5.41) is 10.7. The highest BCUT2D eigenvalue weighted by molar-refractivity contribution is 6.46. The Bertz CT molecular complexity index is 1550. The maximum Gasteiger partial charge on any atom is 0.275 e. The maximum atomic E-state index is 14.8. The van der Waals surface area contributed by atoms with Crippen LogP contribution in [0.4, 0.5) is 0 Å². The molecule has 0 saturated heterocycles. The summed E-state index contributed by atoms with van der Waals surface area (Å²) >= 11 is 0. The first kappa shape index (κ1) is 32.2. The van der Waals surface area contributed by atoms with Crippen molar-refractivity contribution in [3.63, 3.8) is 0 Å². The van der Waals surface area contributed by atoms with Crippen LogP contribution in [0, 0.1) is 16.7 Å². The summed E-state index contributed by atoms with van der Waals surface area (Å²) in [6.45, 7) is 14.3. The standard InChI is InChI=1S/C37H49N7O2/c1-35(2,3)16-15-30(25-9-11-26(12-10-25)33(45)39-22-31-40-23-41-43-31)44-34(46)32(28-19-27(20-38-21-28)24-7-8-24)42-37(44)17-13-29(14-18-37)36(4,5)6/h9-12,19-21,24,29-30H,7-8,13-18,22-23H2,1-6H3,(H,39,45)/t29?,30-,37?/m1/s1. The number of nitrogens with one attached hydrogen (secondary N) is 1. The van der Waals surface area contributed by atoms with Crippen LogP contribution in [0.1, 0.15) is 132 Å². The Kier molecular flexibility index (Phi) is 8.72. The van der Waals surface area contributed by atoms with Crippen molar-refractivity contribution in [2.75, 3.05) is 13.2 Å². The number of azo groups is 1. The molecule has 1 aromatic heterocycles. The summed E-state index contributed by atoms with van der Waals surface area (Å²) in [6.07, 6.45) is 11.6. The van der Waals surface area contributed by atoms with E-state index in [2.05, 4.69) is 78.0 Å². The largest absolute Gasteiger partial charge is 0.345 e. The summed E-state index contributed by atoms with van der Waals surface area (Å²) in [5.74, 6) is 1.46. The second kappa shape index (κ2) is 12.5. The molecular formula is C37H49N7O2. The number of aliphatic imine (C=N–C) groups is 2. The second-order valence-corrected chi connectivity index (χ2v) is 15.9. The molecular weight excluding hydrogens is 574 g/mol. The lowest BCUT2D eigenvalue weighted by Gasteiger charge is -2.47. The molecule has 2 saturated carbocycles. The minimum absolute atomic E-state index is 0.00353. The molecule has 1 spiro atoms. The molecule has 3 heterocycles. The van der Waals surface area contributed by atoms with Gasteiger partial charge in [-0.05, 0) is 103 Å². The Balaban J connectivity index is 1.34. The topological polar surface area (TPSA) is 112 Å². The Hall–Kier alpha value is -3.75. The number of amidine groups is 1. The molecule has 1 atom stereocenters. The second-order valence-electron chi connectivity index (χ2n) is 15.9. The number of nitrogens with zero attached hydrogens (tertiary/aromatic N) is 6. The fraction of sp³-hybridized carbons (Fsp3) is 0.595. The molecule has 6 rings (SSSR count). The van der Waals surface area contributed by atoms with Gasteiger partial charge in [0.15, 0.2) is 12.5 Å². The van der Waals surface area contributed by atoms with Gasteiger partial charge in [0, 0.05) is 23.5 Å². The van der Waals surface area contributed by atoms with Gasteiger partial charge >= 0.3 is 0 Å². The van der Waals surface area contributed by atoms with Crippen molar-refractivity contribution < 1.29 is 9.59 Å². The van der Waals surface area contributed by atoms with Gasteiger partial charge < -0.3 is 10.2 Å². The Morgan fingerprint density at radius 1 is 1.02 bits per heavy atom. The summed E-state index contributed by atoms with van der Waals surface area (Å²) in [7, 11) is 0. The van der Waals surface area contributed by atoms with Gasteiger partial charge in [-0.3, -0.25) is 19.6 Å². The van der Waals surface area contributed by atoms with E-state index in [0.29, 0.717) is 35.6 Å². The van der Waals surface area contributed by atoms with E-state index in [1.807, 2.05) is 36.7 Å². The number of hydrogen-bond acceptors (Lipinski definition) is 7. The third-order valence-corrected chi connectivity index (χ3v) is 10.2. The van der Waals surface area contributed by atoms with E-state index in [9.17, 15) is 9.59 Å². The van der Waals surface area contributed by atoms with E-state index in [-0.39, 0.29) is 35.2 Å². The number of carbonyl (C=O) groups excluding carboxylic acids is 2. The van der Waals surface area contributed by atoms with Crippen molar-refractivity contribution in [3.8, 4) is 0 Å². The molecule has 1 aromatic carbocycles. The zero-order valence-electron chi connectivity index (χ0n) is 28.3. The van der Waals surface area contributed by atoms with Crippen molar-refractivity contribution in [1.82, 2.24) is 15.2 Å². The van der Waals surface area contributed by atoms with Crippen molar-refractivity contribution in [2.45, 2.75) is 111 Å². The zero-order chi connectivity index (χ0) is 32.7. The molecule has 9 nitrogen and oxygen atoms in total. The number of hydrogen-bond donors (Lipinski definition) is 1. The molecule has 9 heteroatoms. The highest BCUT2D eigenvalue weighted by Gasteiger charge is 2.53. The average Bonchev–Trinajstić information content (AvgIpc) is 3.67. The van der Waals surface area contributed by atoms with Gasteiger partial charge in [0.2, 0.25) is 0 Å². The van der Waals surface area contributed by atoms with Gasteiger partial charge in [0.1, 0.15) is 11.4 Å². The minimum Gasteiger partial charge on any atom is -0.345 e. The van der Waals surface area contributed by atoms with Crippen molar-refractivity contribution >= 4 is 23.4 Å². The van der Waals surface area contributed by atoms with Crippen LogP contribution in [0.3, 0.4) is 0 Å². The third kappa shape index (κ3) is 6.98. The predicted molar refractivity (Wildman–Crippen MR) is 181 cm³/mol. The molecule has 2 aliphatic heterocycles. The monoisotopic (exact) mass is 623 g/mol. The van der Waals surface area contributed by atoms with Crippen LogP contribution in [0.15, 0.2) is 62.9 Å². The lowest BCUT2D eigenvalue weighted by Crippen LogP contribution is -2.51. The van der Waals surface area contributed by atoms with Crippen LogP contribution < -0.4 is 5.32 Å². The average molecular weight is 624 g/mol. The molecule has 0 bridgehead atoms. The molecule has 0 radical (unpaired) electrons. The van der Waals surface area contributed by atoms with Gasteiger partial charge in [-0.15, -0.1) is 5.11 Å². The first-order chi connectivity index (χ1) is 21.8. The maximum absolute atomic E-state index is 14.8. The van der Waals surface area contributed by atoms with E-state index in [1.54, 1.807) is 0 Å². The number of benzene rings is 1. The Morgan fingerprint density at radius 2 is 1.74 bits per heavy atom. The summed E-state index contributed by atoms with van der Waals surface area (Å²) in [5.41, 5.74) is 3.87. The lowest BCUT2D eigenvalue weighted by atomic mass is 9.69. The number of rotatable bonds is 9. The third-order valence-electron chi connectivity index (χ3n) is 10.2. The Labute approximate surface area is 273 Å². The van der Waals surface area contributed by atoms with Crippen LogP contribution >= 0.6 is 0 Å². The SMILES string of the molecule is CC(C)(C)CC[C@H](c1ccc(C(=O)NCC2=NCN=N2)cc1)N1C(=O)C(c2cncc(C3CC3)c2)=NC12CCC(C(C)(C)C)CC2. The van der Waals surface area contributed by atoms with Crippen molar-refractivity contribution in [1.29, 1.82) is 0 Å². The highest BCUT2D eigenvalue weighted by atomic mass is 16.2. The van der Waals surface area contributed by atoms with Gasteiger partial charge in [-0.25, -0.2) is 4.99 Å². The molecule has 2 aromatic rings. The number of pyridine rings is 1. The van der Waals surface area contributed by atoms with Gasteiger partial charge in [-0.2, -0.15) is 5.11 Å². The van der Waals surface area contributed by atoms with Crippen LogP contribution in [0.25, 0.3) is 0 Å². The predicted octanol–water partition coefficient (Wildman–Crippen LogP) is 7.64. The van der Waals surface area contributed by atoms with E-state index in [4.69, 9.17) is 4.99 Å². The van der Waals surface area contributed by atoms with Crippen LogP contribution in [0.2, 0.25) is 0 Å². The van der Waals surface area contributed by atoms with Crippen molar-refractivity contribution in [3.05, 3.63) is 65.0 Å². The van der Waals surface area contributed by atoms with Crippen LogP contribution in [-0.2, 0) is 4.79 Å². The normalized spacial score (nSPS) is 23.9. The molecule has 4 aliphatic rings. The highest BCUT2D eigenvalue weighted by Crippen LogP contribution is 2.50. The van der Waals surface area contributed by atoms with Gasteiger partial charge in [0.05, 0.1) is 12.6 Å². The van der Waals surface area contributed by atoms with E-state index in [1.165, 1.54) is 18.4 Å². The van der Waals surface area contributed by atoms with Crippen molar-refractivity contribution in [2.24, 2.45) is 37.0 Å². The molecule has 1 N–H and O–H groups in total. The van der Waals surface area contributed by atoms with E-state index < -0.39 is 5.66 Å². The molecule has 2 amide bonds. The number of aromatic nitrogens is 1. The summed E-state index contributed by atoms with van der Waals surface area (Å²) in [4.78, 5) is 44.0. The summed E-state index contributed by atoms with van der Waals surface area (Å²) < 4.78 is 0. The zero-order valence-corrected chi connectivity index (χ0v) is 28.3. The van der Waals surface area contributed by atoms with E-state index in [0.717, 1.165) is 49.7 Å². The van der Waals surface area contributed by atoms with Gasteiger partial charge in [0.25, 0.3) is 11.8 Å². The molecule has 2 fully saturated rings. The molecule has 0 unspecified atom stereocenters. The quantitative estimate of drug-likeness (QED) is 0.310. The van der Waals surface area contributed by atoms with Crippen LogP contribution in [0.5, 0.6) is 0 Å². The number of carbonyl (C=O) groups is 2. The number of amides is 2.